The van der Waals surface area contributed by atoms with Crippen LogP contribution >= 0.6 is 0 Å². The minimum absolute atomic E-state index is 0.860. The van der Waals surface area contributed by atoms with Crippen LogP contribution in [-0.4, -0.2) is 13.1 Å². The van der Waals surface area contributed by atoms with Crippen molar-refractivity contribution in [2.75, 3.05) is 0 Å². The Labute approximate surface area is 75.9 Å². The molecule has 0 spiro atoms. The molecule has 0 aliphatic carbocycles. The quantitative estimate of drug-likeness (QED) is 0.650. The second-order valence-electron chi connectivity index (χ2n) is 4.42. The first-order valence-electron chi connectivity index (χ1n) is 4.47. The van der Waals surface area contributed by atoms with Gasteiger partial charge < -0.3 is 0 Å². The lowest BCUT2D eigenvalue weighted by Gasteiger charge is -2.14. The Bertz CT molecular complexity index is 225. The summed E-state index contributed by atoms with van der Waals surface area (Å²) in [6.07, 6.45) is 4.97. The Balaban J connectivity index is 2.44. The van der Waals surface area contributed by atoms with Gasteiger partial charge in [0.1, 0.15) is 0 Å². The highest BCUT2D eigenvalue weighted by Crippen LogP contribution is 2.12. The second-order valence-corrected chi connectivity index (χ2v) is 10.0. The van der Waals surface area contributed by atoms with Crippen molar-refractivity contribution >= 4 is 8.07 Å². The SMILES string of the molecule is C[Si](C)(C)CCc1ccncc1. The molecule has 2 heteroatoms. The highest BCUT2D eigenvalue weighted by molar-refractivity contribution is 6.76. The van der Waals surface area contributed by atoms with E-state index in [1.165, 1.54) is 18.0 Å². The largest absolute Gasteiger partial charge is 0.265 e. The number of nitrogens with zero attached hydrogens (tertiary/aromatic N) is 1. The van der Waals surface area contributed by atoms with Crippen molar-refractivity contribution < 1.29 is 0 Å². The number of aromatic nitrogens is 1. The van der Waals surface area contributed by atoms with E-state index in [1.54, 1.807) is 0 Å². The minimum atomic E-state index is -0.860. The molecule has 1 rings (SSSR count). The van der Waals surface area contributed by atoms with Crippen LogP contribution in [0, 0.1) is 0 Å². The van der Waals surface area contributed by atoms with Gasteiger partial charge in [0, 0.05) is 20.5 Å². The average molecular weight is 179 g/mol. The Kier molecular flexibility index (Phi) is 3.03. The van der Waals surface area contributed by atoms with Crippen LogP contribution in [0.3, 0.4) is 0 Å². The normalized spacial score (nSPS) is 11.6. The van der Waals surface area contributed by atoms with Crippen molar-refractivity contribution in [3.63, 3.8) is 0 Å². The Morgan fingerprint density at radius 3 is 2.25 bits per heavy atom. The molecular formula is C10H17NSi. The molecule has 0 saturated carbocycles. The van der Waals surface area contributed by atoms with E-state index >= 15 is 0 Å². The smallest absolute Gasteiger partial charge is 0.0445 e. The summed E-state index contributed by atoms with van der Waals surface area (Å²) in [6.45, 7) is 7.23. The van der Waals surface area contributed by atoms with Gasteiger partial charge in [-0.15, -0.1) is 0 Å². The van der Waals surface area contributed by atoms with Crippen LogP contribution in [0.25, 0.3) is 0 Å². The second kappa shape index (κ2) is 3.85. The van der Waals surface area contributed by atoms with E-state index in [1.807, 2.05) is 12.4 Å². The fraction of sp³-hybridized carbons (Fsp3) is 0.500. The van der Waals surface area contributed by atoms with Crippen molar-refractivity contribution in [2.45, 2.75) is 32.1 Å². The first-order chi connectivity index (χ1) is 5.58. The Morgan fingerprint density at radius 1 is 1.17 bits per heavy atom. The van der Waals surface area contributed by atoms with Crippen LogP contribution in [-0.2, 0) is 6.42 Å². The van der Waals surface area contributed by atoms with Crippen LogP contribution in [0.15, 0.2) is 24.5 Å². The summed E-state index contributed by atoms with van der Waals surface area (Å²) >= 11 is 0. The van der Waals surface area contributed by atoms with E-state index in [4.69, 9.17) is 0 Å². The fourth-order valence-corrected chi connectivity index (χ4v) is 2.11. The van der Waals surface area contributed by atoms with E-state index in [9.17, 15) is 0 Å². The molecule has 12 heavy (non-hydrogen) atoms. The topological polar surface area (TPSA) is 12.9 Å². The highest BCUT2D eigenvalue weighted by Gasteiger charge is 2.11. The molecule has 0 saturated heterocycles. The first kappa shape index (κ1) is 9.45. The van der Waals surface area contributed by atoms with Gasteiger partial charge in [-0.05, 0) is 24.1 Å². The van der Waals surface area contributed by atoms with E-state index in [-0.39, 0.29) is 0 Å². The summed E-state index contributed by atoms with van der Waals surface area (Å²) < 4.78 is 0. The van der Waals surface area contributed by atoms with Gasteiger partial charge in [-0.1, -0.05) is 25.7 Å². The lowest BCUT2D eigenvalue weighted by atomic mass is 10.2. The molecule has 0 aliphatic rings. The van der Waals surface area contributed by atoms with Crippen LogP contribution in [0.4, 0.5) is 0 Å². The molecule has 0 aromatic carbocycles. The molecule has 66 valence electrons. The minimum Gasteiger partial charge on any atom is -0.265 e. The first-order valence-corrected chi connectivity index (χ1v) is 8.17. The molecule has 1 aromatic rings. The number of hydrogen-bond acceptors (Lipinski definition) is 1. The molecular weight excluding hydrogens is 162 g/mol. The molecule has 0 fully saturated rings. The van der Waals surface area contributed by atoms with Crippen molar-refractivity contribution in [1.29, 1.82) is 0 Å². The summed E-state index contributed by atoms with van der Waals surface area (Å²) in [6, 6.07) is 5.59. The molecule has 0 unspecified atom stereocenters. The van der Waals surface area contributed by atoms with Gasteiger partial charge >= 0.3 is 0 Å². The summed E-state index contributed by atoms with van der Waals surface area (Å²) in [7, 11) is -0.860. The molecule has 1 nitrogen and oxygen atoms in total. The van der Waals surface area contributed by atoms with E-state index < -0.39 is 8.07 Å². The maximum atomic E-state index is 4.00. The fourth-order valence-electron chi connectivity index (χ4n) is 1.07. The monoisotopic (exact) mass is 179 g/mol. The third-order valence-electron chi connectivity index (χ3n) is 1.91. The third kappa shape index (κ3) is 3.67. The third-order valence-corrected chi connectivity index (χ3v) is 3.66. The van der Waals surface area contributed by atoms with Gasteiger partial charge in [0.15, 0.2) is 0 Å². The molecule has 0 bridgehead atoms. The number of hydrogen-bond donors (Lipinski definition) is 0. The number of rotatable bonds is 3. The summed E-state index contributed by atoms with van der Waals surface area (Å²) in [4.78, 5) is 4.00. The predicted molar refractivity (Wildman–Crippen MR) is 56.1 cm³/mol. The standard InChI is InChI=1S/C10H17NSi/c1-12(2,3)9-6-10-4-7-11-8-5-10/h4-5,7-8H,6,9H2,1-3H3. The van der Waals surface area contributed by atoms with Gasteiger partial charge in [-0.2, -0.15) is 0 Å². The van der Waals surface area contributed by atoms with Crippen molar-refractivity contribution in [3.05, 3.63) is 30.1 Å². The Morgan fingerprint density at radius 2 is 1.75 bits per heavy atom. The molecule has 0 atom stereocenters. The zero-order valence-electron chi connectivity index (χ0n) is 8.17. The van der Waals surface area contributed by atoms with Gasteiger partial charge in [0.25, 0.3) is 0 Å². The van der Waals surface area contributed by atoms with Crippen molar-refractivity contribution in [3.8, 4) is 0 Å². The van der Waals surface area contributed by atoms with Gasteiger partial charge in [-0.3, -0.25) is 4.98 Å². The van der Waals surface area contributed by atoms with E-state index in [0.29, 0.717) is 0 Å². The molecule has 0 N–H and O–H groups in total. The van der Waals surface area contributed by atoms with Gasteiger partial charge in [-0.25, -0.2) is 0 Å². The summed E-state index contributed by atoms with van der Waals surface area (Å²) in [5, 5.41) is 0. The van der Waals surface area contributed by atoms with Crippen molar-refractivity contribution in [1.82, 2.24) is 4.98 Å². The number of pyridine rings is 1. The van der Waals surface area contributed by atoms with Crippen LogP contribution < -0.4 is 0 Å². The summed E-state index contributed by atoms with van der Waals surface area (Å²) in [5.41, 5.74) is 1.42. The zero-order valence-corrected chi connectivity index (χ0v) is 9.17. The van der Waals surface area contributed by atoms with Crippen LogP contribution in [0.5, 0.6) is 0 Å². The van der Waals surface area contributed by atoms with Crippen LogP contribution in [0.1, 0.15) is 5.56 Å². The molecule has 0 radical (unpaired) electrons. The maximum Gasteiger partial charge on any atom is 0.0445 e. The summed E-state index contributed by atoms with van der Waals surface area (Å²) in [5.74, 6) is 0. The lowest BCUT2D eigenvalue weighted by molar-refractivity contribution is 1.08. The molecule has 1 aromatic heterocycles. The van der Waals surface area contributed by atoms with Gasteiger partial charge in [0.05, 0.1) is 0 Å². The predicted octanol–water partition coefficient (Wildman–Crippen LogP) is 2.96. The highest BCUT2D eigenvalue weighted by atomic mass is 28.3. The van der Waals surface area contributed by atoms with E-state index in [0.717, 1.165) is 0 Å². The van der Waals surface area contributed by atoms with E-state index in [2.05, 4.69) is 36.8 Å². The average Bonchev–Trinajstić information content (AvgIpc) is 2.02. The lowest BCUT2D eigenvalue weighted by Crippen LogP contribution is -2.19. The number of aryl methyl sites for hydroxylation is 1. The van der Waals surface area contributed by atoms with Crippen molar-refractivity contribution in [2.24, 2.45) is 0 Å². The van der Waals surface area contributed by atoms with Crippen LogP contribution in [0.2, 0.25) is 25.7 Å². The zero-order chi connectivity index (χ0) is 9.03. The maximum absolute atomic E-state index is 4.00. The molecule has 0 amide bonds. The Hall–Kier alpha value is -0.633. The van der Waals surface area contributed by atoms with Gasteiger partial charge in [0.2, 0.25) is 0 Å². The molecule has 1 heterocycles. The molecule has 0 aliphatic heterocycles.